The number of unbranched alkanes of at least 4 members (excludes halogenated alkanes) is 3. The van der Waals surface area contributed by atoms with Gasteiger partial charge in [-0.1, -0.05) is 63.6 Å². The second-order valence-corrected chi connectivity index (χ2v) is 4.18. The fraction of sp³-hybridized carbons (Fsp3) is 0.375. The molecule has 0 saturated heterocycles. The van der Waals surface area contributed by atoms with Crippen LogP contribution in [0, 0.1) is 0 Å². The molecule has 0 aromatic heterocycles. The minimum absolute atomic E-state index is 1.17. The molecular formula is C16H22. The maximum absolute atomic E-state index is 3.88. The zero-order valence-electron chi connectivity index (χ0n) is 10.3. The van der Waals surface area contributed by atoms with Crippen LogP contribution >= 0.6 is 0 Å². The van der Waals surface area contributed by atoms with E-state index in [4.69, 9.17) is 0 Å². The Labute approximate surface area is 99.7 Å². The molecule has 0 radical (unpaired) electrons. The van der Waals surface area contributed by atoms with Crippen LogP contribution in [0.1, 0.15) is 49.3 Å². The minimum atomic E-state index is 1.17. The summed E-state index contributed by atoms with van der Waals surface area (Å²) in [6.07, 6.45) is 10.2. The Morgan fingerprint density at radius 2 is 1.88 bits per heavy atom. The summed E-state index contributed by atoms with van der Waals surface area (Å²) >= 11 is 0. The van der Waals surface area contributed by atoms with Crippen LogP contribution in [0.4, 0.5) is 0 Å². The van der Waals surface area contributed by atoms with Crippen molar-refractivity contribution < 1.29 is 0 Å². The quantitative estimate of drug-likeness (QED) is 0.554. The molecule has 0 aliphatic carbocycles. The van der Waals surface area contributed by atoms with E-state index in [9.17, 15) is 0 Å². The third-order valence-electron chi connectivity index (χ3n) is 2.93. The average Bonchev–Trinajstić information content (AvgIpc) is 2.34. The molecule has 0 aliphatic rings. The van der Waals surface area contributed by atoms with Crippen LogP contribution in [0.3, 0.4) is 0 Å². The zero-order chi connectivity index (χ0) is 11.8. The topological polar surface area (TPSA) is 0 Å². The molecule has 16 heavy (non-hydrogen) atoms. The van der Waals surface area contributed by atoms with E-state index in [2.05, 4.69) is 38.3 Å². The number of aryl methyl sites for hydroxylation is 1. The van der Waals surface area contributed by atoms with Crippen LogP contribution in [0.2, 0.25) is 0 Å². The maximum Gasteiger partial charge on any atom is -0.0224 e. The second kappa shape index (κ2) is 7.05. The van der Waals surface area contributed by atoms with Crippen molar-refractivity contribution in [2.45, 2.75) is 39.0 Å². The molecular weight excluding hydrogens is 192 g/mol. The molecule has 0 spiro atoms. The molecule has 0 nitrogen and oxygen atoms in total. The van der Waals surface area contributed by atoms with Crippen molar-refractivity contribution in [1.82, 2.24) is 0 Å². The number of benzene rings is 1. The van der Waals surface area contributed by atoms with E-state index in [0.29, 0.717) is 0 Å². The molecule has 0 bridgehead atoms. The van der Waals surface area contributed by atoms with Gasteiger partial charge in [-0.25, -0.2) is 0 Å². The van der Waals surface area contributed by atoms with Crippen LogP contribution < -0.4 is 0 Å². The Balaban J connectivity index is 2.64. The third-order valence-corrected chi connectivity index (χ3v) is 2.93. The molecule has 0 saturated carbocycles. The van der Waals surface area contributed by atoms with E-state index in [1.54, 1.807) is 0 Å². The van der Waals surface area contributed by atoms with Gasteiger partial charge in [-0.05, 0) is 35.6 Å². The van der Waals surface area contributed by atoms with Gasteiger partial charge in [-0.2, -0.15) is 0 Å². The van der Waals surface area contributed by atoms with E-state index >= 15 is 0 Å². The van der Waals surface area contributed by atoms with Crippen molar-refractivity contribution in [3.05, 3.63) is 48.0 Å². The highest BCUT2D eigenvalue weighted by Gasteiger charge is 2.00. The molecule has 0 heteroatoms. The Hall–Kier alpha value is -1.30. The van der Waals surface area contributed by atoms with E-state index in [-0.39, 0.29) is 0 Å². The summed E-state index contributed by atoms with van der Waals surface area (Å²) < 4.78 is 0. The smallest absolute Gasteiger partial charge is 0.0224 e. The summed E-state index contributed by atoms with van der Waals surface area (Å²) in [5.41, 5.74) is 3.85. The molecule has 0 heterocycles. The third kappa shape index (κ3) is 3.69. The van der Waals surface area contributed by atoms with Gasteiger partial charge in [0.25, 0.3) is 0 Å². The zero-order valence-corrected chi connectivity index (χ0v) is 10.3. The lowest BCUT2D eigenvalue weighted by Crippen LogP contribution is -1.91. The summed E-state index contributed by atoms with van der Waals surface area (Å²) in [6, 6.07) is 6.50. The lowest BCUT2D eigenvalue weighted by Gasteiger charge is -2.07. The molecule has 0 unspecified atom stereocenters. The van der Waals surface area contributed by atoms with Gasteiger partial charge in [0.05, 0.1) is 0 Å². The summed E-state index contributed by atoms with van der Waals surface area (Å²) in [6.45, 7) is 9.91. The van der Waals surface area contributed by atoms with Crippen LogP contribution in [-0.2, 0) is 6.42 Å². The van der Waals surface area contributed by atoms with Crippen molar-refractivity contribution >= 4 is 12.2 Å². The first-order valence-corrected chi connectivity index (χ1v) is 6.19. The largest absolute Gasteiger partial charge is 0.0985 e. The van der Waals surface area contributed by atoms with E-state index in [1.165, 1.54) is 48.8 Å². The first kappa shape index (κ1) is 12.8. The van der Waals surface area contributed by atoms with Crippen molar-refractivity contribution in [2.75, 3.05) is 0 Å². The Morgan fingerprint density at radius 1 is 1.06 bits per heavy atom. The fourth-order valence-corrected chi connectivity index (χ4v) is 1.90. The molecule has 0 fully saturated rings. The van der Waals surface area contributed by atoms with Gasteiger partial charge in [0, 0.05) is 0 Å². The summed E-state index contributed by atoms with van der Waals surface area (Å²) in [5.74, 6) is 0. The van der Waals surface area contributed by atoms with Crippen molar-refractivity contribution in [3.8, 4) is 0 Å². The Kier molecular flexibility index (Phi) is 5.63. The van der Waals surface area contributed by atoms with E-state index < -0.39 is 0 Å². The van der Waals surface area contributed by atoms with Crippen LogP contribution in [0.25, 0.3) is 12.2 Å². The number of rotatable bonds is 7. The van der Waals surface area contributed by atoms with Gasteiger partial charge in [-0.3, -0.25) is 0 Å². The standard InChI is InChI=1S/C16H22/c1-4-7-8-9-10-16-12-11-14(5-2)13-15(16)6-3/h5-6,11-13H,2-4,7-10H2,1H3. The predicted octanol–water partition coefficient (Wildman–Crippen LogP) is 5.10. The average molecular weight is 214 g/mol. The summed E-state index contributed by atoms with van der Waals surface area (Å²) in [5, 5.41) is 0. The molecule has 86 valence electrons. The maximum atomic E-state index is 3.88. The first-order valence-electron chi connectivity index (χ1n) is 6.19. The minimum Gasteiger partial charge on any atom is -0.0985 e. The normalized spacial score (nSPS) is 10.1. The summed E-state index contributed by atoms with van der Waals surface area (Å²) in [7, 11) is 0. The van der Waals surface area contributed by atoms with Gasteiger partial charge in [0.2, 0.25) is 0 Å². The van der Waals surface area contributed by atoms with Crippen molar-refractivity contribution in [2.24, 2.45) is 0 Å². The highest BCUT2D eigenvalue weighted by atomic mass is 14.0. The SMILES string of the molecule is C=Cc1ccc(CCCCCC)c(C=C)c1. The molecule has 1 aromatic carbocycles. The van der Waals surface area contributed by atoms with Gasteiger partial charge in [0.1, 0.15) is 0 Å². The van der Waals surface area contributed by atoms with E-state index in [1.807, 2.05) is 12.2 Å². The summed E-state index contributed by atoms with van der Waals surface area (Å²) in [4.78, 5) is 0. The highest BCUT2D eigenvalue weighted by Crippen LogP contribution is 2.17. The lowest BCUT2D eigenvalue weighted by molar-refractivity contribution is 0.666. The van der Waals surface area contributed by atoms with Crippen molar-refractivity contribution in [1.29, 1.82) is 0 Å². The molecule has 0 aliphatic heterocycles. The predicted molar refractivity (Wildman–Crippen MR) is 74.5 cm³/mol. The van der Waals surface area contributed by atoms with Gasteiger partial charge in [-0.15, -0.1) is 0 Å². The number of hydrogen-bond acceptors (Lipinski definition) is 0. The monoisotopic (exact) mass is 214 g/mol. The van der Waals surface area contributed by atoms with Gasteiger partial charge >= 0.3 is 0 Å². The molecule has 1 aromatic rings. The highest BCUT2D eigenvalue weighted by molar-refractivity contribution is 5.59. The lowest BCUT2D eigenvalue weighted by atomic mass is 9.98. The first-order chi connectivity index (χ1) is 7.81. The van der Waals surface area contributed by atoms with Gasteiger partial charge in [0.15, 0.2) is 0 Å². The molecule has 0 atom stereocenters. The molecule has 1 rings (SSSR count). The Bertz CT molecular complexity index is 347. The van der Waals surface area contributed by atoms with Crippen LogP contribution in [0.5, 0.6) is 0 Å². The van der Waals surface area contributed by atoms with Gasteiger partial charge < -0.3 is 0 Å². The van der Waals surface area contributed by atoms with Crippen molar-refractivity contribution in [3.63, 3.8) is 0 Å². The molecule has 0 N–H and O–H groups in total. The number of hydrogen-bond donors (Lipinski definition) is 0. The Morgan fingerprint density at radius 3 is 2.50 bits per heavy atom. The molecule has 0 amide bonds. The second-order valence-electron chi connectivity index (χ2n) is 4.18. The van der Waals surface area contributed by atoms with Crippen LogP contribution in [-0.4, -0.2) is 0 Å². The fourth-order valence-electron chi connectivity index (χ4n) is 1.90. The van der Waals surface area contributed by atoms with E-state index in [0.717, 1.165) is 0 Å². The van der Waals surface area contributed by atoms with Crippen LogP contribution in [0.15, 0.2) is 31.4 Å².